The summed E-state index contributed by atoms with van der Waals surface area (Å²) >= 11 is 0. The van der Waals surface area contributed by atoms with Crippen molar-refractivity contribution in [2.24, 2.45) is 0 Å². The van der Waals surface area contributed by atoms with Crippen LogP contribution in [0.3, 0.4) is 0 Å². The second-order valence-corrected chi connectivity index (χ2v) is 7.42. The Balaban J connectivity index is 1.70. The molecule has 0 bridgehead atoms. The van der Waals surface area contributed by atoms with Crippen molar-refractivity contribution in [1.82, 2.24) is 20.2 Å². The number of aryl methyl sites for hydroxylation is 1. The summed E-state index contributed by atoms with van der Waals surface area (Å²) in [7, 11) is 0. The van der Waals surface area contributed by atoms with Gasteiger partial charge in [0.15, 0.2) is 5.82 Å². The maximum absolute atomic E-state index is 4.60. The van der Waals surface area contributed by atoms with Gasteiger partial charge in [-0.1, -0.05) is 54.6 Å². The third kappa shape index (κ3) is 3.85. The Morgan fingerprint density at radius 2 is 1.68 bits per heavy atom. The highest BCUT2D eigenvalue weighted by Crippen LogP contribution is 2.37. The summed E-state index contributed by atoms with van der Waals surface area (Å²) in [5.74, 6) is 0.740. The van der Waals surface area contributed by atoms with E-state index in [0.29, 0.717) is 6.54 Å². The molecule has 5 nitrogen and oxygen atoms in total. The number of hydrogen-bond donors (Lipinski definition) is 1. The lowest BCUT2D eigenvalue weighted by Gasteiger charge is -2.15. The second kappa shape index (κ2) is 8.32. The number of aromatic nitrogens is 4. The average molecular weight is 403 g/mol. The van der Waals surface area contributed by atoms with Crippen LogP contribution >= 0.6 is 0 Å². The summed E-state index contributed by atoms with van der Waals surface area (Å²) in [5.41, 5.74) is 6.06. The van der Waals surface area contributed by atoms with E-state index in [1.54, 1.807) is 6.20 Å². The van der Waals surface area contributed by atoms with E-state index in [1.165, 1.54) is 0 Å². The fourth-order valence-corrected chi connectivity index (χ4v) is 3.77. The van der Waals surface area contributed by atoms with Crippen molar-refractivity contribution < 1.29 is 0 Å². The van der Waals surface area contributed by atoms with Gasteiger partial charge in [0.05, 0.1) is 12.2 Å². The Bertz CT molecular complexity index is 1330. The van der Waals surface area contributed by atoms with Crippen molar-refractivity contribution in [2.45, 2.75) is 13.5 Å². The minimum Gasteiger partial charge on any atom is -0.362 e. The summed E-state index contributed by atoms with van der Waals surface area (Å²) in [4.78, 5) is 8.77. The Labute approximate surface area is 180 Å². The lowest BCUT2D eigenvalue weighted by atomic mass is 9.96. The first kappa shape index (κ1) is 18.9. The molecule has 5 heteroatoms. The van der Waals surface area contributed by atoms with Crippen LogP contribution in [0.2, 0.25) is 0 Å². The molecule has 0 aliphatic carbocycles. The Kier molecular flexibility index (Phi) is 5.07. The standard InChI is InChI=1S/C26H21N5/c1-18-14-20(16-27-15-18)25-23-12-7-11-22(19-8-3-2-4-9-19)24(23)26(31-30-25)29-17-21-10-5-6-13-28-21/h2-16H,17H2,1H3,(H,29,31). The number of fused-ring (bicyclic) bond motifs is 1. The number of hydrogen-bond acceptors (Lipinski definition) is 5. The van der Waals surface area contributed by atoms with E-state index in [-0.39, 0.29) is 0 Å². The minimum atomic E-state index is 0.569. The van der Waals surface area contributed by atoms with Crippen molar-refractivity contribution in [2.75, 3.05) is 5.32 Å². The maximum Gasteiger partial charge on any atom is 0.157 e. The Morgan fingerprint density at radius 1 is 0.806 bits per heavy atom. The lowest BCUT2D eigenvalue weighted by molar-refractivity contribution is 0.992. The van der Waals surface area contributed by atoms with Gasteiger partial charge in [0, 0.05) is 34.9 Å². The normalized spacial score (nSPS) is 10.9. The van der Waals surface area contributed by atoms with Crippen LogP contribution in [0.15, 0.2) is 91.4 Å². The van der Waals surface area contributed by atoms with E-state index in [1.807, 2.05) is 43.6 Å². The van der Waals surface area contributed by atoms with Crippen LogP contribution in [0, 0.1) is 6.92 Å². The van der Waals surface area contributed by atoms with Gasteiger partial charge in [-0.2, -0.15) is 0 Å². The van der Waals surface area contributed by atoms with Crippen molar-refractivity contribution in [3.63, 3.8) is 0 Å². The summed E-state index contributed by atoms with van der Waals surface area (Å²) in [5, 5.41) is 14.7. The number of pyridine rings is 2. The molecular formula is C26H21N5. The monoisotopic (exact) mass is 403 g/mol. The topological polar surface area (TPSA) is 63.6 Å². The second-order valence-electron chi connectivity index (χ2n) is 7.42. The molecule has 5 aromatic rings. The molecule has 0 saturated carbocycles. The molecule has 0 fully saturated rings. The van der Waals surface area contributed by atoms with E-state index >= 15 is 0 Å². The highest BCUT2D eigenvalue weighted by molar-refractivity contribution is 6.08. The maximum atomic E-state index is 4.60. The van der Waals surface area contributed by atoms with Crippen molar-refractivity contribution >= 4 is 16.6 Å². The predicted octanol–water partition coefficient (Wildman–Crippen LogP) is 5.67. The first-order valence-electron chi connectivity index (χ1n) is 10.2. The van der Waals surface area contributed by atoms with Crippen LogP contribution in [0.4, 0.5) is 5.82 Å². The summed E-state index contributed by atoms with van der Waals surface area (Å²) in [6.07, 6.45) is 5.48. The number of nitrogens with one attached hydrogen (secondary N) is 1. The lowest BCUT2D eigenvalue weighted by Crippen LogP contribution is -2.06. The van der Waals surface area contributed by atoms with Gasteiger partial charge in [-0.05, 0) is 41.8 Å². The van der Waals surface area contributed by atoms with Gasteiger partial charge in [-0.25, -0.2) is 0 Å². The van der Waals surface area contributed by atoms with Gasteiger partial charge in [0.2, 0.25) is 0 Å². The Hall–Kier alpha value is -4.12. The van der Waals surface area contributed by atoms with Crippen LogP contribution in [-0.4, -0.2) is 20.2 Å². The van der Waals surface area contributed by atoms with Gasteiger partial charge in [0.25, 0.3) is 0 Å². The minimum absolute atomic E-state index is 0.569. The smallest absolute Gasteiger partial charge is 0.157 e. The third-order valence-electron chi connectivity index (χ3n) is 5.20. The van der Waals surface area contributed by atoms with Gasteiger partial charge in [0.1, 0.15) is 5.69 Å². The van der Waals surface area contributed by atoms with Crippen LogP contribution in [0.1, 0.15) is 11.3 Å². The summed E-state index contributed by atoms with van der Waals surface area (Å²) in [6.45, 7) is 2.60. The zero-order valence-electron chi connectivity index (χ0n) is 17.2. The third-order valence-corrected chi connectivity index (χ3v) is 5.20. The van der Waals surface area contributed by atoms with Gasteiger partial charge in [-0.3, -0.25) is 9.97 Å². The van der Waals surface area contributed by atoms with E-state index in [0.717, 1.165) is 50.2 Å². The average Bonchev–Trinajstić information content (AvgIpc) is 2.83. The van der Waals surface area contributed by atoms with Crippen LogP contribution in [-0.2, 0) is 6.54 Å². The van der Waals surface area contributed by atoms with E-state index < -0.39 is 0 Å². The molecule has 0 amide bonds. The van der Waals surface area contributed by atoms with Gasteiger partial charge in [-0.15, -0.1) is 10.2 Å². The van der Waals surface area contributed by atoms with Crippen LogP contribution in [0.5, 0.6) is 0 Å². The number of nitrogens with zero attached hydrogens (tertiary/aromatic N) is 4. The van der Waals surface area contributed by atoms with Gasteiger partial charge >= 0.3 is 0 Å². The zero-order valence-corrected chi connectivity index (χ0v) is 17.2. The van der Waals surface area contributed by atoms with Crippen LogP contribution in [0.25, 0.3) is 33.2 Å². The largest absolute Gasteiger partial charge is 0.362 e. The van der Waals surface area contributed by atoms with Crippen LogP contribution < -0.4 is 5.32 Å². The molecule has 0 radical (unpaired) electrons. The SMILES string of the molecule is Cc1cncc(-c2nnc(NCc3ccccn3)c3c(-c4ccccc4)cccc23)c1. The molecule has 0 spiro atoms. The molecule has 1 N–H and O–H groups in total. The molecule has 150 valence electrons. The molecule has 5 rings (SSSR count). The molecule has 0 aliphatic heterocycles. The molecule has 31 heavy (non-hydrogen) atoms. The first-order valence-corrected chi connectivity index (χ1v) is 10.2. The number of anilines is 1. The summed E-state index contributed by atoms with van der Waals surface area (Å²) < 4.78 is 0. The van der Waals surface area contributed by atoms with E-state index in [2.05, 4.69) is 74.0 Å². The highest BCUT2D eigenvalue weighted by Gasteiger charge is 2.16. The van der Waals surface area contributed by atoms with E-state index in [9.17, 15) is 0 Å². The number of benzene rings is 2. The van der Waals surface area contributed by atoms with Crippen molar-refractivity contribution in [3.8, 4) is 22.4 Å². The van der Waals surface area contributed by atoms with E-state index in [4.69, 9.17) is 0 Å². The first-order chi connectivity index (χ1) is 15.3. The fourth-order valence-electron chi connectivity index (χ4n) is 3.77. The molecule has 0 saturated heterocycles. The Morgan fingerprint density at radius 3 is 2.48 bits per heavy atom. The molecule has 0 unspecified atom stereocenters. The molecule has 0 atom stereocenters. The molecule has 3 heterocycles. The zero-order chi connectivity index (χ0) is 21.0. The van der Waals surface area contributed by atoms with Gasteiger partial charge < -0.3 is 5.32 Å². The van der Waals surface area contributed by atoms with Crippen molar-refractivity contribution in [3.05, 3.63) is 103 Å². The molecule has 3 aromatic heterocycles. The quantitative estimate of drug-likeness (QED) is 0.409. The molecule has 2 aromatic carbocycles. The fraction of sp³-hybridized carbons (Fsp3) is 0.0769. The molecular weight excluding hydrogens is 382 g/mol. The number of rotatable bonds is 5. The molecule has 0 aliphatic rings. The van der Waals surface area contributed by atoms with Crippen molar-refractivity contribution in [1.29, 1.82) is 0 Å². The highest BCUT2D eigenvalue weighted by atomic mass is 15.2. The predicted molar refractivity (Wildman–Crippen MR) is 125 cm³/mol. The summed E-state index contributed by atoms with van der Waals surface area (Å²) in [6, 6.07) is 24.6.